The summed E-state index contributed by atoms with van der Waals surface area (Å²) < 4.78 is 60.7. The van der Waals surface area contributed by atoms with E-state index in [9.17, 15) is 33.9 Å². The van der Waals surface area contributed by atoms with Crippen LogP contribution < -0.4 is 0 Å². The summed E-state index contributed by atoms with van der Waals surface area (Å²) in [5, 5.41) is 12.2. The molecule has 18 nitrogen and oxygen atoms in total. The molecule has 0 bridgehead atoms. The number of carbonyl (C=O) groups excluding carboxylic acids is 6. The minimum absolute atomic E-state index is 0.0260. The summed E-state index contributed by atoms with van der Waals surface area (Å²) in [6.45, 7) is 14.4. The Labute approximate surface area is 371 Å². The molecule has 0 aliphatic carbocycles. The van der Waals surface area contributed by atoms with E-state index in [0.29, 0.717) is 12.7 Å². The lowest BCUT2D eigenvalue weighted by atomic mass is 9.82. The number of cyclic esters (lactones) is 1. The van der Waals surface area contributed by atoms with Gasteiger partial charge in [-0.2, -0.15) is 0 Å². The number of aliphatic hydroxyl groups is 1. The molecule has 0 saturated carbocycles. The quantitative estimate of drug-likeness (QED) is 0.148. The summed E-state index contributed by atoms with van der Waals surface area (Å²) in [5.41, 5.74) is -1.33. The molecule has 0 aromatic rings. The van der Waals surface area contributed by atoms with Crippen LogP contribution >= 0.6 is 0 Å². The molecule has 0 amide bonds. The molecule has 358 valence electrons. The highest BCUT2D eigenvalue weighted by Crippen LogP contribution is 2.39. The summed E-state index contributed by atoms with van der Waals surface area (Å²) in [4.78, 5) is 77.6. The fourth-order valence-corrected chi connectivity index (χ4v) is 8.57. The molecule has 1 N–H and O–H groups in total. The lowest BCUT2D eigenvalue weighted by molar-refractivity contribution is -0.344. The number of likely N-dealkylation sites (N-methyl/N-ethyl adjacent to an activating group) is 1. The average Bonchev–Trinajstić information content (AvgIpc) is 3.18. The minimum Gasteiger partial charge on any atom is -0.462 e. The maximum Gasteiger partial charge on any atom is 0.309 e. The Morgan fingerprint density at radius 2 is 1.57 bits per heavy atom. The van der Waals surface area contributed by atoms with Gasteiger partial charge in [0, 0.05) is 53.1 Å². The molecular formula is C45H71NO17. The number of carbonyl (C=O) groups is 6. The van der Waals surface area contributed by atoms with Gasteiger partial charge in [-0.1, -0.05) is 39.0 Å². The van der Waals surface area contributed by atoms with Gasteiger partial charge in [0.2, 0.25) is 0 Å². The second-order valence-electron chi connectivity index (χ2n) is 17.1. The van der Waals surface area contributed by atoms with Crippen molar-refractivity contribution in [1.82, 2.24) is 4.90 Å². The van der Waals surface area contributed by atoms with Crippen molar-refractivity contribution in [2.24, 2.45) is 11.8 Å². The van der Waals surface area contributed by atoms with Crippen LogP contribution in [0.4, 0.5) is 0 Å². The first-order chi connectivity index (χ1) is 29.7. The molecule has 2 fully saturated rings. The van der Waals surface area contributed by atoms with Crippen molar-refractivity contribution in [2.45, 2.75) is 193 Å². The standard InChI is InChI=1S/C45H71NO17/c1-13-34(50)59-33-23-36(52)55-26(4)18-16-15-17-19-32(58-29(7)48)25(3)22-31(20-21-47)41(42(33)54-12)62-44-39(53)38(46(10)11)40(27(5)57-44)61-37-24-45(9,63-30(8)49)43(28(6)56-37)60-35(51)14-2/h15-17,19,21,25-28,31-33,37-44,53H,13-14,18,20,22-24H2,1-12H3/b16-15-,19-17-/t25-,26-,27-,28+,31+,32+,33-,37+,38-,39-,40-,41+,42+,43+,44+,45-/m1/s1. The smallest absolute Gasteiger partial charge is 0.309 e. The van der Waals surface area contributed by atoms with Crippen LogP contribution in [0.1, 0.15) is 107 Å². The molecule has 0 spiro atoms. The highest BCUT2D eigenvalue weighted by molar-refractivity contribution is 5.73. The van der Waals surface area contributed by atoms with Crippen LogP contribution in [0.2, 0.25) is 0 Å². The molecule has 18 heteroatoms. The van der Waals surface area contributed by atoms with E-state index in [4.69, 9.17) is 47.4 Å². The Morgan fingerprint density at radius 3 is 2.16 bits per heavy atom. The Morgan fingerprint density at radius 1 is 0.905 bits per heavy atom. The fraction of sp³-hybridized carbons (Fsp3) is 0.778. The number of nitrogens with zero attached hydrogens (tertiary/aromatic N) is 1. The van der Waals surface area contributed by atoms with E-state index in [1.165, 1.54) is 21.0 Å². The van der Waals surface area contributed by atoms with Gasteiger partial charge >= 0.3 is 29.8 Å². The van der Waals surface area contributed by atoms with Crippen molar-refractivity contribution < 1.29 is 81.2 Å². The third-order valence-corrected chi connectivity index (χ3v) is 11.5. The van der Waals surface area contributed by atoms with Crippen LogP contribution in [-0.2, 0) is 76.1 Å². The van der Waals surface area contributed by atoms with Crippen LogP contribution in [0.15, 0.2) is 24.3 Å². The van der Waals surface area contributed by atoms with Gasteiger partial charge in [0.25, 0.3) is 0 Å². The zero-order valence-electron chi connectivity index (χ0n) is 38.9. The molecule has 2 saturated heterocycles. The van der Waals surface area contributed by atoms with Crippen molar-refractivity contribution in [2.75, 3.05) is 21.2 Å². The summed E-state index contributed by atoms with van der Waals surface area (Å²) in [6.07, 6.45) is -4.48. The monoisotopic (exact) mass is 897 g/mol. The zero-order valence-corrected chi connectivity index (χ0v) is 38.9. The summed E-state index contributed by atoms with van der Waals surface area (Å²) in [5.74, 6) is -4.06. The van der Waals surface area contributed by atoms with E-state index >= 15 is 0 Å². The van der Waals surface area contributed by atoms with Crippen LogP contribution in [0, 0.1) is 11.8 Å². The van der Waals surface area contributed by atoms with Crippen molar-refractivity contribution in [3.63, 3.8) is 0 Å². The number of ether oxygens (including phenoxy) is 10. The molecule has 3 aliphatic heterocycles. The minimum atomic E-state index is -1.45. The second kappa shape index (κ2) is 25.1. The van der Waals surface area contributed by atoms with Crippen molar-refractivity contribution >= 4 is 36.1 Å². The number of hydrogen-bond acceptors (Lipinski definition) is 18. The number of aliphatic hydroxyl groups excluding tert-OH is 1. The van der Waals surface area contributed by atoms with Gasteiger partial charge < -0.3 is 62.2 Å². The number of rotatable bonds is 14. The van der Waals surface area contributed by atoms with Gasteiger partial charge in [-0.15, -0.1) is 0 Å². The second-order valence-corrected chi connectivity index (χ2v) is 17.1. The molecule has 3 aliphatic rings. The molecular weight excluding hydrogens is 826 g/mol. The molecule has 0 aromatic heterocycles. The molecule has 0 aromatic carbocycles. The van der Waals surface area contributed by atoms with E-state index in [1.807, 2.05) is 6.92 Å². The predicted octanol–water partition coefficient (Wildman–Crippen LogP) is 3.91. The zero-order chi connectivity index (χ0) is 47.2. The van der Waals surface area contributed by atoms with E-state index in [0.717, 1.165) is 0 Å². The topological polar surface area (TPSA) is 218 Å². The van der Waals surface area contributed by atoms with E-state index in [2.05, 4.69) is 0 Å². The van der Waals surface area contributed by atoms with Gasteiger partial charge in [0.05, 0.1) is 30.8 Å². The van der Waals surface area contributed by atoms with Crippen molar-refractivity contribution in [1.29, 1.82) is 0 Å². The summed E-state index contributed by atoms with van der Waals surface area (Å²) in [6, 6.07) is -0.833. The van der Waals surface area contributed by atoms with Crippen LogP contribution in [-0.4, -0.2) is 153 Å². The first-order valence-electron chi connectivity index (χ1n) is 21.9. The highest BCUT2D eigenvalue weighted by Gasteiger charge is 2.54. The van der Waals surface area contributed by atoms with Gasteiger partial charge in [-0.05, 0) is 66.1 Å². The van der Waals surface area contributed by atoms with Crippen molar-refractivity contribution in [3.8, 4) is 0 Å². The van der Waals surface area contributed by atoms with E-state index in [1.54, 1.807) is 84.8 Å². The normalized spacial score (nSPS) is 38.1. The molecule has 3 heterocycles. The molecule has 0 radical (unpaired) electrons. The van der Waals surface area contributed by atoms with Gasteiger partial charge in [0.1, 0.15) is 42.9 Å². The van der Waals surface area contributed by atoms with Crippen molar-refractivity contribution in [3.05, 3.63) is 24.3 Å². The summed E-state index contributed by atoms with van der Waals surface area (Å²) >= 11 is 0. The number of hydrogen-bond donors (Lipinski definition) is 1. The Kier molecular flexibility index (Phi) is 21.3. The van der Waals surface area contributed by atoms with Gasteiger partial charge in [-0.25, -0.2) is 0 Å². The van der Waals surface area contributed by atoms with Crippen LogP contribution in [0.5, 0.6) is 0 Å². The average molecular weight is 898 g/mol. The molecule has 63 heavy (non-hydrogen) atoms. The van der Waals surface area contributed by atoms with Gasteiger partial charge in [-0.3, -0.25) is 24.0 Å². The molecule has 3 rings (SSSR count). The number of allylic oxidation sites excluding steroid dienone is 2. The Bertz CT molecular complexity index is 1590. The van der Waals surface area contributed by atoms with Gasteiger partial charge in [0.15, 0.2) is 24.3 Å². The fourth-order valence-electron chi connectivity index (χ4n) is 8.57. The third-order valence-electron chi connectivity index (χ3n) is 11.5. The van der Waals surface area contributed by atoms with Crippen LogP contribution in [0.3, 0.4) is 0 Å². The Balaban J connectivity index is 2.09. The van der Waals surface area contributed by atoms with Crippen LogP contribution in [0.25, 0.3) is 0 Å². The van der Waals surface area contributed by atoms with E-state index in [-0.39, 0.29) is 32.1 Å². The lowest BCUT2D eigenvalue weighted by Gasteiger charge is -2.50. The first-order valence-corrected chi connectivity index (χ1v) is 21.9. The molecule has 0 unspecified atom stereocenters. The Hall–Kier alpha value is -3.78. The highest BCUT2D eigenvalue weighted by atomic mass is 16.7. The lowest BCUT2D eigenvalue weighted by Crippen LogP contribution is -2.66. The predicted molar refractivity (Wildman–Crippen MR) is 224 cm³/mol. The molecule has 16 atom stereocenters. The maximum atomic E-state index is 13.4. The number of methoxy groups -OCH3 is 1. The number of esters is 5. The summed E-state index contributed by atoms with van der Waals surface area (Å²) in [7, 11) is 4.82. The first kappa shape index (κ1) is 53.6. The largest absolute Gasteiger partial charge is 0.462 e. The third kappa shape index (κ3) is 15.4. The SMILES string of the molecule is CCC(=O)O[C@@H]1CC(=O)O[C@H](C)C/C=C\C=C/[C@H](OC(C)=O)[C@H](C)C[C@H](CC=O)[C@H](O[C@@H]2O[C@H](C)[C@@H](O[C@H]3C[C@@](C)(OC(C)=O)[C@@H](OC(=O)CC)[C@H](C)O3)[C@H](N(C)C)[C@H]2O)[C@H]1OC. The van der Waals surface area contributed by atoms with E-state index < -0.39 is 133 Å². The number of aldehydes is 1. The maximum absolute atomic E-state index is 13.4.